The molecule has 3 rings (SSSR count). The van der Waals surface area contributed by atoms with Gasteiger partial charge in [0.05, 0.1) is 6.54 Å². The molecular formula is C23H29N5O5. The summed E-state index contributed by atoms with van der Waals surface area (Å²) in [6.45, 7) is 3.98. The third-order valence-corrected chi connectivity index (χ3v) is 5.34. The van der Waals surface area contributed by atoms with Gasteiger partial charge in [-0.15, -0.1) is 0 Å². The number of nitrogens with zero attached hydrogens (tertiary/aromatic N) is 2. The quantitative estimate of drug-likeness (QED) is 0.556. The molecule has 1 aromatic carbocycles. The summed E-state index contributed by atoms with van der Waals surface area (Å²) in [5.74, 6) is -1.60. The van der Waals surface area contributed by atoms with Crippen molar-refractivity contribution in [2.24, 2.45) is 5.92 Å². The molecule has 0 aliphatic carbocycles. The van der Waals surface area contributed by atoms with E-state index in [0.29, 0.717) is 19.4 Å². The van der Waals surface area contributed by atoms with Crippen LogP contribution in [0.15, 0.2) is 42.7 Å². The molecule has 1 aliphatic heterocycles. The molecule has 33 heavy (non-hydrogen) atoms. The first-order valence-electron chi connectivity index (χ1n) is 10.9. The Balaban J connectivity index is 1.67. The Kier molecular flexibility index (Phi) is 8.17. The number of carbonyl (C=O) groups is 4. The van der Waals surface area contributed by atoms with Gasteiger partial charge in [-0.2, -0.15) is 0 Å². The minimum Gasteiger partial charge on any atom is -0.445 e. The molecule has 3 amide bonds. The molecule has 10 heteroatoms. The summed E-state index contributed by atoms with van der Waals surface area (Å²) in [7, 11) is 0. The zero-order valence-electron chi connectivity index (χ0n) is 18.7. The molecule has 2 heterocycles. The summed E-state index contributed by atoms with van der Waals surface area (Å²) in [6, 6.07) is 7.10. The maximum atomic E-state index is 13.0. The van der Waals surface area contributed by atoms with Gasteiger partial charge in [0.15, 0.2) is 0 Å². The monoisotopic (exact) mass is 455 g/mol. The molecule has 176 valence electrons. The van der Waals surface area contributed by atoms with Crippen LogP contribution in [-0.2, 0) is 38.7 Å². The Hall–Kier alpha value is -3.69. The highest BCUT2D eigenvalue weighted by atomic mass is 16.5. The number of hydrogen-bond acceptors (Lipinski definition) is 6. The number of benzene rings is 1. The van der Waals surface area contributed by atoms with E-state index >= 15 is 0 Å². The van der Waals surface area contributed by atoms with Crippen molar-refractivity contribution in [3.05, 3.63) is 54.1 Å². The third kappa shape index (κ3) is 6.64. The second kappa shape index (κ2) is 11.3. The van der Waals surface area contributed by atoms with Crippen LogP contribution in [0.1, 0.15) is 31.7 Å². The van der Waals surface area contributed by atoms with Gasteiger partial charge < -0.3 is 25.3 Å². The zero-order valence-corrected chi connectivity index (χ0v) is 18.7. The number of ether oxygens (including phenoxy) is 1. The van der Waals surface area contributed by atoms with Gasteiger partial charge >= 0.3 is 6.09 Å². The lowest BCUT2D eigenvalue weighted by Gasteiger charge is -2.25. The SMILES string of the molecule is CC(C)C(NC(=O)OCc1ccccc1)C(=O)NC1Cn2ccnc2CCCNC(=O)C1=O. The van der Waals surface area contributed by atoms with Gasteiger partial charge in [0.2, 0.25) is 11.7 Å². The van der Waals surface area contributed by atoms with E-state index in [9.17, 15) is 19.2 Å². The van der Waals surface area contributed by atoms with E-state index in [4.69, 9.17) is 4.74 Å². The highest BCUT2D eigenvalue weighted by Crippen LogP contribution is 2.09. The molecule has 0 radical (unpaired) electrons. The average molecular weight is 456 g/mol. The van der Waals surface area contributed by atoms with Crippen molar-refractivity contribution in [2.45, 2.75) is 51.9 Å². The first-order valence-corrected chi connectivity index (χ1v) is 10.9. The standard InChI is InChI=1S/C23H29N5O5/c1-15(2)19(27-23(32)33-14-16-7-4-3-5-8-16)21(30)26-17-13-28-12-11-24-18(28)9-6-10-25-22(31)20(17)29/h3-5,7-8,11-12,15,17,19H,6,9-10,13-14H2,1-2H3,(H,25,31)(H,26,30)(H,27,32). The second-order valence-corrected chi connectivity index (χ2v) is 8.21. The maximum Gasteiger partial charge on any atom is 0.408 e. The summed E-state index contributed by atoms with van der Waals surface area (Å²) < 4.78 is 6.97. The molecule has 2 unspecified atom stereocenters. The minimum absolute atomic E-state index is 0.0593. The highest BCUT2D eigenvalue weighted by molar-refractivity contribution is 6.38. The lowest BCUT2D eigenvalue weighted by molar-refractivity contribution is -0.140. The highest BCUT2D eigenvalue weighted by Gasteiger charge is 2.32. The van der Waals surface area contributed by atoms with Crippen molar-refractivity contribution >= 4 is 23.7 Å². The fourth-order valence-corrected chi connectivity index (χ4v) is 3.51. The van der Waals surface area contributed by atoms with Gasteiger partial charge in [-0.05, 0) is 17.9 Å². The van der Waals surface area contributed by atoms with E-state index < -0.39 is 35.8 Å². The number of imidazole rings is 1. The number of Topliss-reactive ketones (excluding diaryl/α,β-unsaturated/α-hetero) is 1. The van der Waals surface area contributed by atoms with Crippen LogP contribution in [0.25, 0.3) is 0 Å². The van der Waals surface area contributed by atoms with Crippen molar-refractivity contribution in [1.82, 2.24) is 25.5 Å². The molecule has 1 aliphatic rings. The Morgan fingerprint density at radius 2 is 2.00 bits per heavy atom. The number of hydrogen-bond donors (Lipinski definition) is 3. The van der Waals surface area contributed by atoms with Gasteiger partial charge in [-0.25, -0.2) is 9.78 Å². The normalized spacial score (nSPS) is 17.5. The molecule has 1 aromatic heterocycles. The van der Waals surface area contributed by atoms with Gasteiger partial charge in [-0.1, -0.05) is 44.2 Å². The van der Waals surface area contributed by atoms with E-state index in [2.05, 4.69) is 20.9 Å². The van der Waals surface area contributed by atoms with E-state index in [-0.39, 0.29) is 19.1 Å². The van der Waals surface area contributed by atoms with Crippen molar-refractivity contribution in [3.63, 3.8) is 0 Å². The van der Waals surface area contributed by atoms with Crippen LogP contribution in [0.2, 0.25) is 0 Å². The molecule has 0 fully saturated rings. The number of alkyl carbamates (subject to hydrolysis) is 1. The van der Waals surface area contributed by atoms with Crippen LogP contribution in [0, 0.1) is 5.92 Å². The zero-order chi connectivity index (χ0) is 23.8. The van der Waals surface area contributed by atoms with Crippen molar-refractivity contribution in [3.8, 4) is 0 Å². The van der Waals surface area contributed by atoms with E-state index in [1.807, 2.05) is 30.3 Å². The molecule has 2 atom stereocenters. The van der Waals surface area contributed by atoms with Gasteiger partial charge in [0.1, 0.15) is 24.5 Å². The van der Waals surface area contributed by atoms with E-state index in [1.165, 1.54) is 0 Å². The number of amides is 3. The summed E-state index contributed by atoms with van der Waals surface area (Å²) in [6.07, 6.45) is 3.86. The minimum atomic E-state index is -1.10. The number of fused-ring (bicyclic) bond motifs is 1. The molecule has 0 saturated heterocycles. The number of rotatable bonds is 6. The van der Waals surface area contributed by atoms with E-state index in [1.54, 1.807) is 30.8 Å². The van der Waals surface area contributed by atoms with Crippen LogP contribution in [0.3, 0.4) is 0 Å². The largest absolute Gasteiger partial charge is 0.445 e. The van der Waals surface area contributed by atoms with Crippen molar-refractivity contribution in [2.75, 3.05) is 6.54 Å². The maximum absolute atomic E-state index is 13.0. The number of aromatic nitrogens is 2. The number of carbonyl (C=O) groups excluding carboxylic acids is 4. The van der Waals surface area contributed by atoms with Gasteiger partial charge in [0, 0.05) is 25.4 Å². The van der Waals surface area contributed by atoms with Crippen molar-refractivity contribution in [1.29, 1.82) is 0 Å². The summed E-state index contributed by atoms with van der Waals surface area (Å²) in [5, 5.41) is 7.78. The molecule has 3 N–H and O–H groups in total. The fraction of sp³-hybridized carbons (Fsp3) is 0.435. The summed E-state index contributed by atoms with van der Waals surface area (Å²) >= 11 is 0. The van der Waals surface area contributed by atoms with Crippen LogP contribution >= 0.6 is 0 Å². The Bertz CT molecular complexity index is 988. The molecule has 0 saturated carbocycles. The van der Waals surface area contributed by atoms with Gasteiger partial charge in [0.25, 0.3) is 5.91 Å². The molecule has 0 bridgehead atoms. The van der Waals surface area contributed by atoms with Crippen LogP contribution in [-0.4, -0.2) is 51.9 Å². The third-order valence-electron chi connectivity index (χ3n) is 5.34. The van der Waals surface area contributed by atoms with Crippen molar-refractivity contribution < 1.29 is 23.9 Å². The van der Waals surface area contributed by atoms with Gasteiger partial charge in [-0.3, -0.25) is 14.4 Å². The molecule has 10 nitrogen and oxygen atoms in total. The van der Waals surface area contributed by atoms with Crippen LogP contribution in [0.5, 0.6) is 0 Å². The topological polar surface area (TPSA) is 131 Å². The molecule has 0 spiro atoms. The molecular weight excluding hydrogens is 426 g/mol. The first kappa shape index (κ1) is 24.0. The number of ketones is 1. The molecule has 2 aromatic rings. The Morgan fingerprint density at radius 3 is 2.73 bits per heavy atom. The van der Waals surface area contributed by atoms with Crippen LogP contribution < -0.4 is 16.0 Å². The fourth-order valence-electron chi connectivity index (χ4n) is 3.51. The number of aryl methyl sites for hydroxylation is 1. The number of nitrogens with one attached hydrogen (secondary N) is 3. The smallest absolute Gasteiger partial charge is 0.408 e. The predicted molar refractivity (Wildman–Crippen MR) is 119 cm³/mol. The van der Waals surface area contributed by atoms with Crippen LogP contribution in [0.4, 0.5) is 4.79 Å². The average Bonchev–Trinajstić information content (AvgIpc) is 3.24. The Morgan fingerprint density at radius 1 is 1.24 bits per heavy atom. The lowest BCUT2D eigenvalue weighted by Crippen LogP contribution is -2.56. The second-order valence-electron chi connectivity index (χ2n) is 8.21. The predicted octanol–water partition coefficient (Wildman–Crippen LogP) is 0.950. The Labute approximate surface area is 192 Å². The summed E-state index contributed by atoms with van der Waals surface area (Å²) in [4.78, 5) is 54.6. The van der Waals surface area contributed by atoms with E-state index in [0.717, 1.165) is 11.4 Å². The lowest BCUT2D eigenvalue weighted by atomic mass is 10.0. The first-order chi connectivity index (χ1) is 15.8. The summed E-state index contributed by atoms with van der Waals surface area (Å²) in [5.41, 5.74) is 0.812.